The zero-order valence-electron chi connectivity index (χ0n) is 18.3. The first-order valence-corrected chi connectivity index (χ1v) is 11.0. The molecule has 10 heteroatoms. The minimum absolute atomic E-state index is 0.00122. The van der Waals surface area contributed by atoms with E-state index in [2.05, 4.69) is 5.32 Å². The first-order chi connectivity index (χ1) is 16.8. The van der Waals surface area contributed by atoms with Crippen molar-refractivity contribution in [2.45, 2.75) is 13.5 Å². The van der Waals surface area contributed by atoms with Gasteiger partial charge in [-0.1, -0.05) is 41.4 Å². The van der Waals surface area contributed by atoms with Crippen molar-refractivity contribution >= 4 is 40.5 Å². The van der Waals surface area contributed by atoms with Gasteiger partial charge in [0, 0.05) is 17.2 Å². The summed E-state index contributed by atoms with van der Waals surface area (Å²) in [6.07, 6.45) is 0. The number of benzene rings is 3. The molecule has 0 atom stereocenters. The number of nitrogens with zero attached hydrogens (tertiary/aromatic N) is 1. The van der Waals surface area contributed by atoms with Crippen molar-refractivity contribution in [2.75, 3.05) is 5.32 Å². The number of nitro groups is 1. The highest BCUT2D eigenvalue weighted by atomic mass is 35.5. The van der Waals surface area contributed by atoms with Crippen molar-refractivity contribution in [3.8, 4) is 17.2 Å². The Hall–Kier alpha value is -4.01. The number of ether oxygens (including phenoxy) is 2. The molecule has 35 heavy (non-hydrogen) atoms. The topological polar surface area (TPSA) is 104 Å². The zero-order chi connectivity index (χ0) is 24.9. The van der Waals surface area contributed by atoms with Crippen LogP contribution in [-0.2, 0) is 6.61 Å². The Morgan fingerprint density at radius 3 is 2.57 bits per heavy atom. The van der Waals surface area contributed by atoms with Gasteiger partial charge < -0.3 is 19.2 Å². The molecule has 8 nitrogen and oxygen atoms in total. The van der Waals surface area contributed by atoms with Gasteiger partial charge in [0.25, 0.3) is 11.6 Å². The lowest BCUT2D eigenvalue weighted by atomic mass is 10.2. The normalized spacial score (nSPS) is 10.6. The Bertz CT molecular complexity index is 1400. The highest BCUT2D eigenvalue weighted by Gasteiger charge is 2.17. The molecule has 0 saturated heterocycles. The van der Waals surface area contributed by atoms with Crippen LogP contribution in [-0.4, -0.2) is 10.8 Å². The number of carbonyl (C=O) groups excluding carboxylic acids is 1. The van der Waals surface area contributed by atoms with Gasteiger partial charge in [0.15, 0.2) is 5.76 Å². The van der Waals surface area contributed by atoms with Crippen LogP contribution in [0.25, 0.3) is 0 Å². The van der Waals surface area contributed by atoms with Crippen LogP contribution in [0.5, 0.6) is 17.2 Å². The van der Waals surface area contributed by atoms with Crippen LogP contribution in [0.15, 0.2) is 77.2 Å². The van der Waals surface area contributed by atoms with E-state index < -0.39 is 10.8 Å². The van der Waals surface area contributed by atoms with E-state index in [1.807, 2.05) is 19.1 Å². The number of rotatable bonds is 8. The van der Waals surface area contributed by atoms with Crippen molar-refractivity contribution in [3.05, 3.63) is 110 Å². The van der Waals surface area contributed by atoms with Crippen molar-refractivity contribution in [2.24, 2.45) is 0 Å². The van der Waals surface area contributed by atoms with Crippen LogP contribution in [0.2, 0.25) is 10.0 Å². The van der Waals surface area contributed by atoms with Gasteiger partial charge in [0.2, 0.25) is 0 Å². The average molecular weight is 513 g/mol. The van der Waals surface area contributed by atoms with E-state index >= 15 is 0 Å². The van der Waals surface area contributed by atoms with Gasteiger partial charge in [-0.25, -0.2) is 0 Å². The second-order valence-electron chi connectivity index (χ2n) is 7.42. The first kappa shape index (κ1) is 24.1. The zero-order valence-corrected chi connectivity index (χ0v) is 19.8. The Morgan fingerprint density at radius 1 is 1.03 bits per heavy atom. The summed E-state index contributed by atoms with van der Waals surface area (Å²) in [7, 11) is 0. The number of amides is 1. The summed E-state index contributed by atoms with van der Waals surface area (Å²) in [6.45, 7) is 1.88. The van der Waals surface area contributed by atoms with Crippen LogP contribution >= 0.6 is 23.2 Å². The summed E-state index contributed by atoms with van der Waals surface area (Å²) < 4.78 is 17.0. The number of hydrogen-bond donors (Lipinski definition) is 1. The highest BCUT2D eigenvalue weighted by molar-refractivity contribution is 6.35. The van der Waals surface area contributed by atoms with Crippen LogP contribution in [0, 0.1) is 17.0 Å². The molecule has 0 radical (unpaired) electrons. The fourth-order valence-corrected chi connectivity index (χ4v) is 3.59. The Labute approximate surface area is 210 Å². The number of halogens is 2. The quantitative estimate of drug-likeness (QED) is 0.194. The molecule has 0 saturated carbocycles. The second kappa shape index (κ2) is 10.5. The predicted molar refractivity (Wildman–Crippen MR) is 132 cm³/mol. The second-order valence-corrected chi connectivity index (χ2v) is 8.27. The number of carbonyl (C=O) groups is 1. The van der Waals surface area contributed by atoms with E-state index in [0.717, 1.165) is 5.56 Å². The molecule has 178 valence electrons. The molecule has 0 unspecified atom stereocenters. The van der Waals surface area contributed by atoms with Gasteiger partial charge in [-0.15, -0.1) is 0 Å². The molecule has 0 aliphatic rings. The average Bonchev–Trinajstić information content (AvgIpc) is 3.29. The minimum atomic E-state index is -0.594. The summed E-state index contributed by atoms with van der Waals surface area (Å²) >= 11 is 12.0. The van der Waals surface area contributed by atoms with Gasteiger partial charge in [0.05, 0.1) is 21.7 Å². The summed E-state index contributed by atoms with van der Waals surface area (Å²) in [4.78, 5) is 23.5. The summed E-state index contributed by atoms with van der Waals surface area (Å²) in [5.74, 6) is 0.945. The number of anilines is 1. The van der Waals surface area contributed by atoms with E-state index in [4.69, 9.17) is 37.1 Å². The van der Waals surface area contributed by atoms with Gasteiger partial charge >= 0.3 is 0 Å². The molecule has 0 aliphatic carbocycles. The lowest BCUT2D eigenvalue weighted by molar-refractivity contribution is -0.384. The van der Waals surface area contributed by atoms with Crippen molar-refractivity contribution in [1.29, 1.82) is 0 Å². The smallest absolute Gasteiger partial charge is 0.291 e. The van der Waals surface area contributed by atoms with E-state index in [1.165, 1.54) is 24.3 Å². The van der Waals surface area contributed by atoms with Crippen LogP contribution in [0.1, 0.15) is 21.9 Å². The van der Waals surface area contributed by atoms with Gasteiger partial charge in [-0.3, -0.25) is 14.9 Å². The standard InChI is InChI=1S/C25H18Cl2N2O6/c1-15-4-2-3-5-22(15)35-20-12-17(11-18(13-20)29(31)32)28-25(30)24-9-7-19(34-24)14-33-23-8-6-16(26)10-21(23)27/h2-13H,14H2,1H3,(H,28,30). The Balaban J connectivity index is 1.47. The maximum absolute atomic E-state index is 12.7. The molecular weight excluding hydrogens is 495 g/mol. The number of para-hydroxylation sites is 1. The van der Waals surface area contributed by atoms with E-state index in [1.54, 1.807) is 36.4 Å². The molecule has 1 aromatic heterocycles. The molecule has 0 spiro atoms. The van der Waals surface area contributed by atoms with Gasteiger partial charge in [-0.05, 0) is 48.9 Å². The third-order valence-electron chi connectivity index (χ3n) is 4.83. The third kappa shape index (κ3) is 6.11. The molecule has 1 N–H and O–H groups in total. The Kier molecular flexibility index (Phi) is 7.24. The molecule has 4 aromatic rings. The Morgan fingerprint density at radius 2 is 1.83 bits per heavy atom. The summed E-state index contributed by atoms with van der Waals surface area (Å²) in [5, 5.41) is 14.8. The van der Waals surface area contributed by atoms with Crippen LogP contribution in [0.4, 0.5) is 11.4 Å². The first-order valence-electron chi connectivity index (χ1n) is 10.3. The minimum Gasteiger partial charge on any atom is -0.484 e. The molecule has 0 bridgehead atoms. The third-order valence-corrected chi connectivity index (χ3v) is 5.36. The van der Waals surface area contributed by atoms with E-state index in [9.17, 15) is 14.9 Å². The highest BCUT2D eigenvalue weighted by Crippen LogP contribution is 2.32. The molecule has 0 aliphatic heterocycles. The number of furan rings is 1. The SMILES string of the molecule is Cc1ccccc1Oc1cc(NC(=O)c2ccc(COc3ccc(Cl)cc3Cl)o2)cc([N+](=O)[O-])c1. The number of hydrogen-bond acceptors (Lipinski definition) is 6. The van der Waals surface area contributed by atoms with E-state index in [0.29, 0.717) is 27.3 Å². The largest absolute Gasteiger partial charge is 0.484 e. The predicted octanol–water partition coefficient (Wildman–Crippen LogP) is 7.43. The van der Waals surface area contributed by atoms with Gasteiger partial charge in [-0.2, -0.15) is 0 Å². The molecular formula is C25H18Cl2N2O6. The van der Waals surface area contributed by atoms with Gasteiger partial charge in [0.1, 0.15) is 29.6 Å². The summed E-state index contributed by atoms with van der Waals surface area (Å²) in [6, 6.07) is 19.1. The summed E-state index contributed by atoms with van der Waals surface area (Å²) in [5.41, 5.74) is 0.796. The van der Waals surface area contributed by atoms with Crippen LogP contribution in [0.3, 0.4) is 0 Å². The molecule has 0 fully saturated rings. The van der Waals surface area contributed by atoms with E-state index in [-0.39, 0.29) is 29.5 Å². The lowest BCUT2D eigenvalue weighted by Gasteiger charge is -2.10. The van der Waals surface area contributed by atoms with Crippen LogP contribution < -0.4 is 14.8 Å². The fraction of sp³-hybridized carbons (Fsp3) is 0.0800. The maximum atomic E-state index is 12.7. The monoisotopic (exact) mass is 512 g/mol. The molecule has 4 rings (SSSR count). The number of aryl methyl sites for hydroxylation is 1. The fourth-order valence-electron chi connectivity index (χ4n) is 3.13. The number of nitrogens with one attached hydrogen (secondary N) is 1. The van der Waals surface area contributed by atoms with Crippen molar-refractivity contribution in [1.82, 2.24) is 0 Å². The lowest BCUT2D eigenvalue weighted by Crippen LogP contribution is -2.11. The number of non-ortho nitro benzene ring substituents is 1. The molecule has 1 amide bonds. The van der Waals surface area contributed by atoms with Crippen molar-refractivity contribution < 1.29 is 23.6 Å². The van der Waals surface area contributed by atoms with Crippen molar-refractivity contribution in [3.63, 3.8) is 0 Å². The number of nitro benzene ring substituents is 1. The maximum Gasteiger partial charge on any atom is 0.291 e. The molecule has 1 heterocycles. The molecule has 3 aromatic carbocycles.